The topological polar surface area (TPSA) is 6.48 Å². The van der Waals surface area contributed by atoms with Crippen LogP contribution in [0.4, 0.5) is 5.69 Å². The molecule has 2 nitrogen and oxygen atoms in total. The fraction of sp³-hybridized carbons (Fsp3) is 0.760. The third kappa shape index (κ3) is 4.70. The molecule has 4 rings (SSSR count). The first-order chi connectivity index (χ1) is 13.3. The molecule has 1 aliphatic heterocycles. The van der Waals surface area contributed by atoms with E-state index in [1.165, 1.54) is 51.0 Å². The number of alkyl halides is 1. The molecular formula is C25H39ClN2. The number of halogens is 1. The van der Waals surface area contributed by atoms with Crippen LogP contribution in [-0.4, -0.2) is 43.5 Å². The first-order valence-corrected chi connectivity index (χ1v) is 11.9. The third-order valence-electron chi connectivity index (χ3n) is 7.40. The van der Waals surface area contributed by atoms with E-state index in [-0.39, 0.29) is 0 Å². The van der Waals surface area contributed by atoms with Crippen molar-refractivity contribution in [3.63, 3.8) is 0 Å². The van der Waals surface area contributed by atoms with Crippen molar-refractivity contribution in [1.82, 2.24) is 4.90 Å². The van der Waals surface area contributed by atoms with Gasteiger partial charge in [0.15, 0.2) is 0 Å². The zero-order chi connectivity index (χ0) is 19.9. The molecule has 0 aromatic heterocycles. The van der Waals surface area contributed by atoms with Gasteiger partial charge in [0, 0.05) is 44.3 Å². The van der Waals surface area contributed by atoms with Crippen LogP contribution in [0.25, 0.3) is 0 Å². The first kappa shape index (κ1) is 20.5. The number of hydrogen-bond acceptors (Lipinski definition) is 2. The molecule has 1 heterocycles. The van der Waals surface area contributed by atoms with Gasteiger partial charge in [0.05, 0.1) is 0 Å². The Morgan fingerprint density at radius 1 is 0.929 bits per heavy atom. The lowest BCUT2D eigenvalue weighted by Crippen LogP contribution is -2.47. The van der Waals surface area contributed by atoms with Crippen LogP contribution in [0.2, 0.25) is 0 Å². The fourth-order valence-corrected chi connectivity index (χ4v) is 6.79. The molecule has 0 N–H and O–H groups in total. The number of anilines is 1. The maximum Gasteiger partial charge on any atom is 0.0402 e. The van der Waals surface area contributed by atoms with Crippen LogP contribution in [0.5, 0.6) is 0 Å². The van der Waals surface area contributed by atoms with Gasteiger partial charge >= 0.3 is 0 Å². The number of nitrogens with zero attached hydrogens (tertiary/aromatic N) is 2. The summed E-state index contributed by atoms with van der Waals surface area (Å²) in [5.74, 6) is 3.19. The summed E-state index contributed by atoms with van der Waals surface area (Å²) in [6.07, 6.45) is 5.31. The first-order valence-electron chi connectivity index (χ1n) is 11.4. The molecule has 2 atom stereocenters. The second kappa shape index (κ2) is 7.84. The zero-order valence-corrected chi connectivity index (χ0v) is 19.1. The summed E-state index contributed by atoms with van der Waals surface area (Å²) in [4.78, 5) is 5.33. The number of rotatable bonds is 5. The Bertz CT molecular complexity index is 659. The van der Waals surface area contributed by atoms with Crippen molar-refractivity contribution in [2.24, 2.45) is 22.7 Å². The van der Waals surface area contributed by atoms with Gasteiger partial charge in [-0.1, -0.05) is 45.9 Å². The molecule has 2 aliphatic carbocycles. The van der Waals surface area contributed by atoms with E-state index < -0.39 is 0 Å². The van der Waals surface area contributed by atoms with Gasteiger partial charge in [-0.25, -0.2) is 0 Å². The summed E-state index contributed by atoms with van der Waals surface area (Å²) < 4.78 is 0. The van der Waals surface area contributed by atoms with Crippen molar-refractivity contribution in [2.45, 2.75) is 59.3 Å². The smallest absolute Gasteiger partial charge is 0.0402 e. The van der Waals surface area contributed by atoms with Gasteiger partial charge in [-0.15, -0.1) is 11.6 Å². The summed E-state index contributed by atoms with van der Waals surface area (Å²) in [6.45, 7) is 15.8. The quantitative estimate of drug-likeness (QED) is 0.557. The normalized spacial score (nSPS) is 30.4. The van der Waals surface area contributed by atoms with Crippen molar-refractivity contribution < 1.29 is 0 Å². The average Bonchev–Trinajstić information content (AvgIpc) is 3.38. The molecule has 1 aromatic carbocycles. The Morgan fingerprint density at radius 2 is 1.57 bits per heavy atom. The number of piperazine rings is 1. The highest BCUT2D eigenvalue weighted by Crippen LogP contribution is 2.53. The number of para-hydroxylation sites is 1. The van der Waals surface area contributed by atoms with Gasteiger partial charge in [0.25, 0.3) is 0 Å². The molecule has 0 spiro atoms. The molecule has 0 bridgehead atoms. The lowest BCUT2D eigenvalue weighted by atomic mass is 9.60. The Morgan fingerprint density at radius 3 is 2.18 bits per heavy atom. The molecular weight excluding hydrogens is 364 g/mol. The molecule has 0 radical (unpaired) electrons. The highest BCUT2D eigenvalue weighted by molar-refractivity contribution is 6.18. The van der Waals surface area contributed by atoms with E-state index in [0.29, 0.717) is 16.7 Å². The van der Waals surface area contributed by atoms with Crippen molar-refractivity contribution in [2.75, 3.05) is 43.5 Å². The van der Waals surface area contributed by atoms with Crippen LogP contribution >= 0.6 is 11.6 Å². The van der Waals surface area contributed by atoms with Crippen LogP contribution in [0, 0.1) is 22.7 Å². The van der Waals surface area contributed by atoms with Crippen molar-refractivity contribution in [1.29, 1.82) is 0 Å². The Hall–Kier alpha value is -0.730. The standard InChI is InChI=1S/C25H39ClN2/c1-24(2)14-21(15-25(3,4)18-24)22-7-5-6-8-23(22)28-11-9-27(10-12-28)17-20-13-19(20)16-26/h5-8,19-21H,9-18H2,1-4H3. The second-order valence-corrected chi connectivity index (χ2v) is 11.7. The lowest BCUT2D eigenvalue weighted by molar-refractivity contribution is 0.0970. The molecule has 0 amide bonds. The molecule has 28 heavy (non-hydrogen) atoms. The van der Waals surface area contributed by atoms with E-state index in [9.17, 15) is 0 Å². The average molecular weight is 403 g/mol. The van der Waals surface area contributed by atoms with Crippen molar-refractivity contribution in [3.05, 3.63) is 29.8 Å². The van der Waals surface area contributed by atoms with Crippen LogP contribution in [-0.2, 0) is 0 Å². The summed E-state index contributed by atoms with van der Waals surface area (Å²) in [6, 6.07) is 9.28. The highest BCUT2D eigenvalue weighted by Gasteiger charge is 2.40. The fourth-order valence-electron chi connectivity index (χ4n) is 6.41. The molecule has 3 aliphatic rings. The molecule has 1 aromatic rings. The SMILES string of the molecule is CC1(C)CC(c2ccccc2N2CCN(CC3CC3CCl)CC2)CC(C)(C)C1. The van der Waals surface area contributed by atoms with Gasteiger partial charge in [-0.3, -0.25) is 4.90 Å². The summed E-state index contributed by atoms with van der Waals surface area (Å²) in [5, 5.41) is 0. The molecule has 3 heteroatoms. The summed E-state index contributed by atoms with van der Waals surface area (Å²) in [5.41, 5.74) is 3.97. The van der Waals surface area contributed by atoms with Crippen molar-refractivity contribution >= 4 is 17.3 Å². The minimum atomic E-state index is 0.432. The Balaban J connectivity index is 1.44. The number of hydrogen-bond donors (Lipinski definition) is 0. The van der Waals surface area contributed by atoms with Crippen LogP contribution < -0.4 is 4.90 Å². The Labute approximate surface area is 177 Å². The van der Waals surface area contributed by atoms with Gasteiger partial charge < -0.3 is 4.90 Å². The lowest BCUT2D eigenvalue weighted by Gasteiger charge is -2.46. The van der Waals surface area contributed by atoms with Crippen molar-refractivity contribution in [3.8, 4) is 0 Å². The number of benzene rings is 1. The van der Waals surface area contributed by atoms with E-state index in [1.807, 2.05) is 0 Å². The van der Waals surface area contributed by atoms with Crippen LogP contribution in [0.3, 0.4) is 0 Å². The van der Waals surface area contributed by atoms with E-state index >= 15 is 0 Å². The minimum Gasteiger partial charge on any atom is -0.369 e. The molecule has 3 fully saturated rings. The van der Waals surface area contributed by atoms with Crippen LogP contribution in [0.1, 0.15) is 64.9 Å². The van der Waals surface area contributed by atoms with Crippen LogP contribution in [0.15, 0.2) is 24.3 Å². The molecule has 156 valence electrons. The van der Waals surface area contributed by atoms with E-state index in [0.717, 1.165) is 30.8 Å². The second-order valence-electron chi connectivity index (χ2n) is 11.4. The van der Waals surface area contributed by atoms with Gasteiger partial charge in [0.1, 0.15) is 0 Å². The summed E-state index contributed by atoms with van der Waals surface area (Å²) >= 11 is 6.02. The predicted molar refractivity (Wildman–Crippen MR) is 122 cm³/mol. The highest BCUT2D eigenvalue weighted by atomic mass is 35.5. The van der Waals surface area contributed by atoms with Gasteiger partial charge in [-0.2, -0.15) is 0 Å². The molecule has 2 unspecified atom stereocenters. The zero-order valence-electron chi connectivity index (χ0n) is 18.4. The largest absolute Gasteiger partial charge is 0.369 e. The monoisotopic (exact) mass is 402 g/mol. The molecule has 2 saturated carbocycles. The third-order valence-corrected chi connectivity index (χ3v) is 7.80. The van der Waals surface area contributed by atoms with E-state index in [4.69, 9.17) is 11.6 Å². The summed E-state index contributed by atoms with van der Waals surface area (Å²) in [7, 11) is 0. The van der Waals surface area contributed by atoms with E-state index in [1.54, 1.807) is 5.56 Å². The Kier molecular flexibility index (Phi) is 5.75. The van der Waals surface area contributed by atoms with E-state index in [2.05, 4.69) is 61.8 Å². The molecule has 1 saturated heterocycles. The minimum absolute atomic E-state index is 0.432. The maximum absolute atomic E-state index is 6.02. The predicted octanol–water partition coefficient (Wildman–Crippen LogP) is 6.00. The van der Waals surface area contributed by atoms with Gasteiger partial charge in [0.2, 0.25) is 0 Å². The van der Waals surface area contributed by atoms with Gasteiger partial charge in [-0.05, 0) is 65.9 Å². The maximum atomic E-state index is 6.02.